The Kier molecular flexibility index (Phi) is 4.11. The SMILES string of the molecule is COC(=CC(C)=O)CC1N=C(C(F)(F)F)NN1. The molecular weight excluding hydrogens is 239 g/mol. The fourth-order valence-electron chi connectivity index (χ4n) is 1.23. The van der Waals surface area contributed by atoms with Crippen molar-refractivity contribution in [3.63, 3.8) is 0 Å². The van der Waals surface area contributed by atoms with Crippen molar-refractivity contribution in [2.24, 2.45) is 4.99 Å². The number of carbonyl (C=O) groups excluding carboxylic acids is 1. The first-order valence-electron chi connectivity index (χ1n) is 4.74. The molecule has 0 saturated carbocycles. The minimum atomic E-state index is -4.51. The normalized spacial score (nSPS) is 20.9. The van der Waals surface area contributed by atoms with Crippen molar-refractivity contribution >= 4 is 11.6 Å². The van der Waals surface area contributed by atoms with Gasteiger partial charge in [-0.15, -0.1) is 0 Å². The molecule has 96 valence electrons. The van der Waals surface area contributed by atoms with Crippen LogP contribution in [-0.2, 0) is 9.53 Å². The number of halogens is 3. The molecule has 0 saturated heterocycles. The maximum atomic E-state index is 12.2. The predicted octanol–water partition coefficient (Wildman–Crippen LogP) is 0.891. The number of allylic oxidation sites excluding steroid dienone is 1. The number of hydrazine groups is 1. The van der Waals surface area contributed by atoms with Crippen LogP contribution in [0, 0.1) is 0 Å². The largest absolute Gasteiger partial charge is 0.501 e. The Balaban J connectivity index is 2.66. The van der Waals surface area contributed by atoms with E-state index < -0.39 is 18.2 Å². The van der Waals surface area contributed by atoms with Gasteiger partial charge in [0.05, 0.1) is 7.11 Å². The summed E-state index contributed by atoms with van der Waals surface area (Å²) in [5.41, 5.74) is 4.28. The Morgan fingerprint density at radius 3 is 2.65 bits per heavy atom. The predicted molar refractivity (Wildman–Crippen MR) is 53.9 cm³/mol. The molecule has 0 radical (unpaired) electrons. The van der Waals surface area contributed by atoms with Crippen LogP contribution in [0.15, 0.2) is 16.8 Å². The molecule has 1 aliphatic rings. The Hall–Kier alpha value is -1.57. The van der Waals surface area contributed by atoms with E-state index in [1.807, 2.05) is 5.43 Å². The molecule has 17 heavy (non-hydrogen) atoms. The monoisotopic (exact) mass is 251 g/mol. The Bertz CT molecular complexity index is 363. The zero-order valence-corrected chi connectivity index (χ0v) is 9.26. The van der Waals surface area contributed by atoms with Gasteiger partial charge in [-0.2, -0.15) is 13.2 Å². The number of aliphatic imine (C=N–C) groups is 1. The second-order valence-corrected chi connectivity index (χ2v) is 3.39. The number of hydrogen-bond donors (Lipinski definition) is 2. The third kappa shape index (κ3) is 4.06. The molecule has 1 unspecified atom stereocenters. The van der Waals surface area contributed by atoms with Gasteiger partial charge < -0.3 is 4.74 Å². The highest BCUT2D eigenvalue weighted by molar-refractivity contribution is 5.88. The van der Waals surface area contributed by atoms with Gasteiger partial charge in [-0.1, -0.05) is 0 Å². The lowest BCUT2D eigenvalue weighted by atomic mass is 10.2. The topological polar surface area (TPSA) is 62.7 Å². The van der Waals surface area contributed by atoms with Crippen molar-refractivity contribution in [1.29, 1.82) is 0 Å². The Morgan fingerprint density at radius 1 is 1.59 bits per heavy atom. The number of ether oxygens (including phenoxy) is 1. The van der Waals surface area contributed by atoms with Crippen LogP contribution in [0.25, 0.3) is 0 Å². The lowest BCUT2D eigenvalue weighted by Crippen LogP contribution is -2.41. The highest BCUT2D eigenvalue weighted by Crippen LogP contribution is 2.19. The molecule has 1 atom stereocenters. The molecule has 2 N–H and O–H groups in total. The molecule has 8 heteroatoms. The number of carbonyl (C=O) groups is 1. The van der Waals surface area contributed by atoms with Gasteiger partial charge in [0.15, 0.2) is 5.78 Å². The molecule has 1 rings (SSSR count). The number of ketones is 1. The first-order valence-corrected chi connectivity index (χ1v) is 4.74. The van der Waals surface area contributed by atoms with Crippen LogP contribution in [-0.4, -0.2) is 31.1 Å². The van der Waals surface area contributed by atoms with Gasteiger partial charge in [0.25, 0.3) is 0 Å². The molecular formula is C9H12F3N3O2. The van der Waals surface area contributed by atoms with Crippen molar-refractivity contribution in [3.8, 4) is 0 Å². The van der Waals surface area contributed by atoms with E-state index in [0.29, 0.717) is 0 Å². The molecule has 1 aliphatic heterocycles. The fourth-order valence-corrected chi connectivity index (χ4v) is 1.23. The molecule has 1 heterocycles. The van der Waals surface area contributed by atoms with Crippen LogP contribution in [0.5, 0.6) is 0 Å². The van der Waals surface area contributed by atoms with E-state index in [1.165, 1.54) is 20.1 Å². The van der Waals surface area contributed by atoms with Crippen LogP contribution in [0.1, 0.15) is 13.3 Å². The smallest absolute Gasteiger partial charge is 0.450 e. The second-order valence-electron chi connectivity index (χ2n) is 3.39. The molecule has 0 spiro atoms. The summed E-state index contributed by atoms with van der Waals surface area (Å²) in [4.78, 5) is 14.2. The molecule has 0 aromatic carbocycles. The summed E-state index contributed by atoms with van der Waals surface area (Å²) >= 11 is 0. The van der Waals surface area contributed by atoms with Crippen LogP contribution >= 0.6 is 0 Å². The maximum absolute atomic E-state index is 12.2. The molecule has 0 bridgehead atoms. The average Bonchev–Trinajstić information content (AvgIpc) is 2.63. The number of hydrogen-bond acceptors (Lipinski definition) is 5. The van der Waals surface area contributed by atoms with E-state index in [-0.39, 0.29) is 18.0 Å². The lowest BCUT2D eigenvalue weighted by Gasteiger charge is -2.09. The van der Waals surface area contributed by atoms with Crippen LogP contribution < -0.4 is 10.9 Å². The summed E-state index contributed by atoms with van der Waals surface area (Å²) in [7, 11) is 1.34. The molecule has 5 nitrogen and oxygen atoms in total. The number of nitrogens with zero attached hydrogens (tertiary/aromatic N) is 1. The number of amidine groups is 1. The van der Waals surface area contributed by atoms with E-state index in [2.05, 4.69) is 10.4 Å². The van der Waals surface area contributed by atoms with Crippen molar-refractivity contribution < 1.29 is 22.7 Å². The molecule has 0 aliphatic carbocycles. The van der Waals surface area contributed by atoms with Gasteiger partial charge in [-0.05, 0) is 6.92 Å². The van der Waals surface area contributed by atoms with E-state index in [0.717, 1.165) is 0 Å². The lowest BCUT2D eigenvalue weighted by molar-refractivity contribution is -0.112. The maximum Gasteiger partial charge on any atom is 0.450 e. The summed E-state index contributed by atoms with van der Waals surface area (Å²) < 4.78 is 41.6. The van der Waals surface area contributed by atoms with Crippen LogP contribution in [0.2, 0.25) is 0 Å². The highest BCUT2D eigenvalue weighted by atomic mass is 19.4. The minimum absolute atomic E-state index is 0.0582. The van der Waals surface area contributed by atoms with Gasteiger partial charge in [-0.3, -0.25) is 10.2 Å². The summed E-state index contributed by atoms with van der Waals surface area (Å²) in [6.07, 6.45) is -4.05. The standard InChI is InChI=1S/C9H12F3N3O2/c1-5(16)3-6(17-2)4-7-13-8(15-14-7)9(10,11)12/h3,7,14H,4H2,1-2H3,(H,13,15). The summed E-state index contributed by atoms with van der Waals surface area (Å²) in [5.74, 6) is -1.06. The first-order chi connectivity index (χ1) is 7.82. The summed E-state index contributed by atoms with van der Waals surface area (Å²) in [5, 5.41) is 0. The average molecular weight is 251 g/mol. The molecule has 0 aromatic rings. The Labute approximate surface area is 95.7 Å². The Morgan fingerprint density at radius 2 is 2.24 bits per heavy atom. The number of methoxy groups -OCH3 is 1. The van der Waals surface area contributed by atoms with E-state index in [4.69, 9.17) is 4.74 Å². The number of alkyl halides is 3. The van der Waals surface area contributed by atoms with Gasteiger partial charge in [0.1, 0.15) is 11.9 Å². The summed E-state index contributed by atoms with van der Waals surface area (Å²) in [6, 6.07) is 0. The zero-order chi connectivity index (χ0) is 13.1. The highest BCUT2D eigenvalue weighted by Gasteiger charge is 2.39. The number of nitrogens with one attached hydrogen (secondary N) is 2. The first kappa shape index (κ1) is 13.5. The van der Waals surface area contributed by atoms with Gasteiger partial charge in [0.2, 0.25) is 5.84 Å². The van der Waals surface area contributed by atoms with Crippen molar-refractivity contribution in [2.75, 3.05) is 7.11 Å². The molecule has 0 aromatic heterocycles. The number of rotatable bonds is 4. The van der Waals surface area contributed by atoms with Gasteiger partial charge >= 0.3 is 6.18 Å². The fraction of sp³-hybridized carbons (Fsp3) is 0.556. The van der Waals surface area contributed by atoms with E-state index >= 15 is 0 Å². The van der Waals surface area contributed by atoms with Crippen molar-refractivity contribution in [3.05, 3.63) is 11.8 Å². The minimum Gasteiger partial charge on any atom is -0.501 e. The quantitative estimate of drug-likeness (QED) is 0.575. The second kappa shape index (κ2) is 5.17. The van der Waals surface area contributed by atoms with Crippen LogP contribution in [0.4, 0.5) is 13.2 Å². The summed E-state index contributed by atoms with van der Waals surface area (Å²) in [6.45, 7) is 1.32. The van der Waals surface area contributed by atoms with Crippen molar-refractivity contribution in [2.45, 2.75) is 25.7 Å². The van der Waals surface area contributed by atoms with Crippen molar-refractivity contribution in [1.82, 2.24) is 10.9 Å². The van der Waals surface area contributed by atoms with Crippen LogP contribution in [0.3, 0.4) is 0 Å². The van der Waals surface area contributed by atoms with Gasteiger partial charge in [0, 0.05) is 12.5 Å². The van der Waals surface area contributed by atoms with Gasteiger partial charge in [-0.25, -0.2) is 10.4 Å². The third-order valence-corrected chi connectivity index (χ3v) is 1.93. The third-order valence-electron chi connectivity index (χ3n) is 1.93. The van der Waals surface area contributed by atoms with E-state index in [9.17, 15) is 18.0 Å². The molecule has 0 fully saturated rings. The molecule has 0 amide bonds. The van der Waals surface area contributed by atoms with E-state index in [1.54, 1.807) is 0 Å². The zero-order valence-electron chi connectivity index (χ0n) is 9.26.